The highest BCUT2D eigenvalue weighted by atomic mass is 19.4. The van der Waals surface area contributed by atoms with Crippen LogP contribution in [0.4, 0.5) is 13.2 Å². The molecule has 0 spiro atoms. The smallest absolute Gasteiger partial charge is 0.401 e. The third-order valence-corrected chi connectivity index (χ3v) is 4.42. The zero-order valence-electron chi connectivity index (χ0n) is 17.2. The molecule has 29 heavy (non-hydrogen) atoms. The number of hydrogen-bond acceptors (Lipinski definition) is 4. The Labute approximate surface area is 170 Å². The van der Waals surface area contributed by atoms with Gasteiger partial charge in [-0.25, -0.2) is 0 Å². The van der Waals surface area contributed by atoms with E-state index in [2.05, 4.69) is 15.6 Å². The first-order valence-corrected chi connectivity index (χ1v) is 9.95. The normalized spacial score (nSPS) is 19.4. The summed E-state index contributed by atoms with van der Waals surface area (Å²) in [5.74, 6) is 1.23. The summed E-state index contributed by atoms with van der Waals surface area (Å²) in [7, 11) is 0. The third-order valence-electron chi connectivity index (χ3n) is 4.42. The van der Waals surface area contributed by atoms with Gasteiger partial charge in [-0.3, -0.25) is 9.89 Å². The standard InChI is InChI=1S/C20H31F3N4O2/c1-4-24-19(26-16-9-10-27(12-16)13-20(21,22)23)25-11-18(28)15-5-7-17(8-6-15)29-14(2)3/h5-8,14,16,18,28H,4,9-13H2,1-3H3,(H2,24,25,26). The molecule has 0 radical (unpaired) electrons. The molecule has 0 aliphatic carbocycles. The first-order chi connectivity index (χ1) is 13.7. The molecule has 6 nitrogen and oxygen atoms in total. The van der Waals surface area contributed by atoms with Gasteiger partial charge in [-0.15, -0.1) is 0 Å². The van der Waals surface area contributed by atoms with E-state index < -0.39 is 18.8 Å². The van der Waals surface area contributed by atoms with E-state index in [0.717, 1.165) is 11.3 Å². The lowest BCUT2D eigenvalue weighted by molar-refractivity contribution is -0.143. The number of ether oxygens (including phenoxy) is 1. The third kappa shape index (κ3) is 8.49. The van der Waals surface area contributed by atoms with Crippen LogP contribution in [0, 0.1) is 0 Å². The van der Waals surface area contributed by atoms with Gasteiger partial charge in [0.1, 0.15) is 5.75 Å². The Hall–Kier alpha value is -2.00. The maximum absolute atomic E-state index is 12.5. The minimum atomic E-state index is -4.19. The van der Waals surface area contributed by atoms with Crippen LogP contribution >= 0.6 is 0 Å². The maximum atomic E-state index is 12.5. The lowest BCUT2D eigenvalue weighted by Gasteiger charge is -2.20. The number of halogens is 3. The molecule has 9 heteroatoms. The van der Waals surface area contributed by atoms with Gasteiger partial charge in [0, 0.05) is 25.7 Å². The largest absolute Gasteiger partial charge is 0.491 e. The van der Waals surface area contributed by atoms with Crippen molar-refractivity contribution < 1.29 is 23.0 Å². The molecule has 0 amide bonds. The molecule has 3 N–H and O–H groups in total. The molecule has 1 heterocycles. The predicted molar refractivity (Wildman–Crippen MR) is 107 cm³/mol. The Morgan fingerprint density at radius 2 is 2.00 bits per heavy atom. The molecule has 1 aliphatic rings. The number of alkyl halides is 3. The zero-order valence-corrected chi connectivity index (χ0v) is 17.2. The number of hydrogen-bond donors (Lipinski definition) is 3. The van der Waals surface area contributed by atoms with Crippen LogP contribution in [0.25, 0.3) is 0 Å². The number of likely N-dealkylation sites (tertiary alicyclic amines) is 1. The fourth-order valence-electron chi connectivity index (χ4n) is 3.18. The van der Waals surface area contributed by atoms with Crippen LogP contribution in [-0.2, 0) is 0 Å². The lowest BCUT2D eigenvalue weighted by atomic mass is 10.1. The van der Waals surface area contributed by atoms with E-state index in [1.807, 2.05) is 20.8 Å². The van der Waals surface area contributed by atoms with Crippen molar-refractivity contribution >= 4 is 5.96 Å². The van der Waals surface area contributed by atoms with Crippen molar-refractivity contribution in [2.75, 3.05) is 32.7 Å². The monoisotopic (exact) mass is 416 g/mol. The zero-order chi connectivity index (χ0) is 21.4. The van der Waals surface area contributed by atoms with Crippen molar-refractivity contribution in [2.45, 2.75) is 51.6 Å². The molecular formula is C20H31F3N4O2. The van der Waals surface area contributed by atoms with Crippen molar-refractivity contribution in [3.8, 4) is 5.75 Å². The molecule has 1 fully saturated rings. The maximum Gasteiger partial charge on any atom is 0.401 e. The van der Waals surface area contributed by atoms with E-state index in [1.54, 1.807) is 24.3 Å². The fraction of sp³-hybridized carbons (Fsp3) is 0.650. The van der Waals surface area contributed by atoms with Crippen LogP contribution in [0.1, 0.15) is 38.9 Å². The Kier molecular flexibility index (Phi) is 8.58. The van der Waals surface area contributed by atoms with E-state index >= 15 is 0 Å². The number of aliphatic hydroxyl groups is 1. The van der Waals surface area contributed by atoms with Crippen molar-refractivity contribution in [3.63, 3.8) is 0 Å². The Balaban J connectivity index is 1.89. The quantitative estimate of drug-likeness (QED) is 0.449. The number of aliphatic hydroxyl groups excluding tert-OH is 1. The molecule has 0 bridgehead atoms. The molecular weight excluding hydrogens is 385 g/mol. The minimum Gasteiger partial charge on any atom is -0.491 e. The first-order valence-electron chi connectivity index (χ1n) is 9.95. The van der Waals surface area contributed by atoms with Gasteiger partial charge in [0.15, 0.2) is 5.96 Å². The van der Waals surface area contributed by atoms with Gasteiger partial charge in [0.05, 0.1) is 25.3 Å². The molecule has 0 saturated carbocycles. The Morgan fingerprint density at radius 3 is 2.59 bits per heavy atom. The van der Waals surface area contributed by atoms with Crippen molar-refractivity contribution in [1.29, 1.82) is 0 Å². The minimum absolute atomic E-state index is 0.0757. The van der Waals surface area contributed by atoms with Gasteiger partial charge in [-0.1, -0.05) is 12.1 Å². The fourth-order valence-corrected chi connectivity index (χ4v) is 3.18. The van der Waals surface area contributed by atoms with Gasteiger partial charge in [0.2, 0.25) is 0 Å². The van der Waals surface area contributed by atoms with E-state index in [0.29, 0.717) is 32.0 Å². The highest BCUT2D eigenvalue weighted by Crippen LogP contribution is 2.21. The van der Waals surface area contributed by atoms with Crippen LogP contribution < -0.4 is 15.4 Å². The van der Waals surface area contributed by atoms with E-state index in [9.17, 15) is 18.3 Å². The lowest BCUT2D eigenvalue weighted by Crippen LogP contribution is -2.45. The van der Waals surface area contributed by atoms with Crippen molar-refractivity contribution in [1.82, 2.24) is 15.5 Å². The molecule has 164 valence electrons. The summed E-state index contributed by atoms with van der Waals surface area (Å²) in [6.07, 6.45) is -4.29. The second kappa shape index (κ2) is 10.7. The number of nitrogens with one attached hydrogen (secondary N) is 2. The topological polar surface area (TPSA) is 69.1 Å². The van der Waals surface area contributed by atoms with Gasteiger partial charge in [0.25, 0.3) is 0 Å². The van der Waals surface area contributed by atoms with E-state index in [4.69, 9.17) is 4.74 Å². The van der Waals surface area contributed by atoms with E-state index in [1.165, 1.54) is 4.90 Å². The highest BCUT2D eigenvalue weighted by molar-refractivity contribution is 5.80. The summed E-state index contributed by atoms with van der Waals surface area (Å²) >= 11 is 0. The summed E-state index contributed by atoms with van der Waals surface area (Å²) < 4.78 is 43.2. The van der Waals surface area contributed by atoms with Gasteiger partial charge < -0.3 is 20.5 Å². The van der Waals surface area contributed by atoms with Crippen LogP contribution in [-0.4, -0.2) is 67.0 Å². The van der Waals surface area contributed by atoms with Crippen molar-refractivity contribution in [2.24, 2.45) is 4.99 Å². The second-order valence-electron chi connectivity index (χ2n) is 7.45. The molecule has 0 aromatic heterocycles. The van der Waals surface area contributed by atoms with Crippen LogP contribution in [0.5, 0.6) is 5.75 Å². The van der Waals surface area contributed by atoms with Crippen LogP contribution in [0.3, 0.4) is 0 Å². The average Bonchev–Trinajstić information content (AvgIpc) is 3.04. The van der Waals surface area contributed by atoms with Crippen molar-refractivity contribution in [3.05, 3.63) is 29.8 Å². The molecule has 1 saturated heterocycles. The summed E-state index contributed by atoms with van der Waals surface area (Å²) in [5.41, 5.74) is 0.720. The Morgan fingerprint density at radius 1 is 1.31 bits per heavy atom. The summed E-state index contributed by atoms with van der Waals surface area (Å²) in [4.78, 5) is 5.78. The SMILES string of the molecule is CCNC(=NCC(O)c1ccc(OC(C)C)cc1)NC1CCN(CC(F)(F)F)C1. The molecule has 1 aromatic rings. The van der Waals surface area contributed by atoms with Gasteiger partial charge in [-0.2, -0.15) is 13.2 Å². The molecule has 2 unspecified atom stereocenters. The number of benzene rings is 1. The highest BCUT2D eigenvalue weighted by Gasteiger charge is 2.34. The summed E-state index contributed by atoms with van der Waals surface area (Å²) in [6.45, 7) is 6.35. The first kappa shape index (κ1) is 23.3. The van der Waals surface area contributed by atoms with Crippen LogP contribution in [0.15, 0.2) is 29.3 Å². The number of guanidine groups is 1. The second-order valence-corrected chi connectivity index (χ2v) is 7.45. The number of rotatable bonds is 8. The predicted octanol–water partition coefficient (Wildman–Crippen LogP) is 2.70. The number of nitrogens with zero attached hydrogens (tertiary/aromatic N) is 2. The Bertz CT molecular complexity index is 650. The van der Waals surface area contributed by atoms with Gasteiger partial charge in [-0.05, 0) is 44.9 Å². The summed E-state index contributed by atoms with van der Waals surface area (Å²) in [5, 5.41) is 16.7. The molecule has 1 aromatic carbocycles. The number of aliphatic imine (C=N–C) groups is 1. The van der Waals surface area contributed by atoms with E-state index in [-0.39, 0.29) is 18.7 Å². The molecule has 2 rings (SSSR count). The van der Waals surface area contributed by atoms with Crippen LogP contribution in [0.2, 0.25) is 0 Å². The molecule has 1 aliphatic heterocycles. The molecule has 2 atom stereocenters. The summed E-state index contributed by atoms with van der Waals surface area (Å²) in [6, 6.07) is 7.09. The average molecular weight is 416 g/mol. The van der Waals surface area contributed by atoms with Gasteiger partial charge >= 0.3 is 6.18 Å².